The molecule has 0 spiro atoms. The van der Waals surface area contributed by atoms with E-state index in [0.717, 1.165) is 47.0 Å². The van der Waals surface area contributed by atoms with Crippen molar-refractivity contribution in [2.24, 2.45) is 0 Å². The maximum Gasteiger partial charge on any atom is 0.230 e. The monoisotopic (exact) mass is 435 g/mol. The smallest absolute Gasteiger partial charge is 0.230 e. The van der Waals surface area contributed by atoms with Gasteiger partial charge in [0, 0.05) is 30.7 Å². The Kier molecular flexibility index (Phi) is 5.00. The molecule has 0 bridgehead atoms. The molecule has 3 heterocycles. The van der Waals surface area contributed by atoms with Gasteiger partial charge in [0.05, 0.1) is 10.9 Å². The average molecular weight is 436 g/mol. The first kappa shape index (κ1) is 17.9. The molecule has 3 aromatic rings. The van der Waals surface area contributed by atoms with E-state index in [1.54, 1.807) is 4.52 Å². The molecule has 1 N–H and O–H groups in total. The van der Waals surface area contributed by atoms with Crippen molar-refractivity contribution in [3.63, 3.8) is 0 Å². The number of halogens is 1. The van der Waals surface area contributed by atoms with Gasteiger partial charge in [0.15, 0.2) is 0 Å². The standard InChI is InChI=1S/C18H22BrN5OS/c1-3-22-7-9-23(10-8-22)15(13-5-4-6-14(19)11-13)16-17(25)24-18(26-16)20-12(2)21-24/h4-6,11,15,25H,3,7-10H2,1-2H3. The van der Waals surface area contributed by atoms with E-state index in [2.05, 4.69) is 54.9 Å². The van der Waals surface area contributed by atoms with Crippen LogP contribution in [0.15, 0.2) is 28.7 Å². The summed E-state index contributed by atoms with van der Waals surface area (Å²) in [6.45, 7) is 9.15. The molecule has 6 nitrogen and oxygen atoms in total. The second kappa shape index (κ2) is 7.26. The third-order valence-electron chi connectivity index (χ3n) is 4.94. The van der Waals surface area contributed by atoms with Gasteiger partial charge in [0.25, 0.3) is 0 Å². The van der Waals surface area contributed by atoms with Crippen LogP contribution in [-0.4, -0.2) is 62.2 Å². The molecule has 1 atom stereocenters. The fourth-order valence-electron chi connectivity index (χ4n) is 3.57. The van der Waals surface area contributed by atoms with Gasteiger partial charge in [-0.25, -0.2) is 4.98 Å². The molecule has 0 saturated carbocycles. The summed E-state index contributed by atoms with van der Waals surface area (Å²) < 4.78 is 2.60. The van der Waals surface area contributed by atoms with E-state index < -0.39 is 0 Å². The summed E-state index contributed by atoms with van der Waals surface area (Å²) in [5.74, 6) is 0.877. The Morgan fingerprint density at radius 3 is 2.69 bits per heavy atom. The summed E-state index contributed by atoms with van der Waals surface area (Å²) in [5, 5.41) is 15.2. The van der Waals surface area contributed by atoms with E-state index in [9.17, 15) is 5.11 Å². The molecule has 2 aromatic heterocycles. The van der Waals surface area contributed by atoms with Crippen LogP contribution in [0, 0.1) is 6.92 Å². The molecule has 8 heteroatoms. The number of hydrogen-bond acceptors (Lipinski definition) is 6. The van der Waals surface area contributed by atoms with Gasteiger partial charge in [-0.05, 0) is 31.2 Å². The van der Waals surface area contributed by atoms with Crippen LogP contribution in [0.5, 0.6) is 5.88 Å². The number of rotatable bonds is 4. The summed E-state index contributed by atoms with van der Waals surface area (Å²) >= 11 is 5.11. The molecule has 138 valence electrons. The number of hydrogen-bond donors (Lipinski definition) is 1. The van der Waals surface area contributed by atoms with Crippen LogP contribution in [-0.2, 0) is 0 Å². The van der Waals surface area contributed by atoms with Crippen LogP contribution in [0.1, 0.15) is 29.2 Å². The minimum atomic E-state index is 0.000289. The highest BCUT2D eigenvalue weighted by atomic mass is 79.9. The summed E-state index contributed by atoms with van der Waals surface area (Å²) in [6.07, 6.45) is 0. The van der Waals surface area contributed by atoms with Gasteiger partial charge in [0.1, 0.15) is 5.82 Å². The quantitative estimate of drug-likeness (QED) is 0.680. The van der Waals surface area contributed by atoms with E-state index in [1.807, 2.05) is 19.1 Å². The Morgan fingerprint density at radius 2 is 2.04 bits per heavy atom. The zero-order valence-corrected chi connectivity index (χ0v) is 17.3. The highest BCUT2D eigenvalue weighted by molar-refractivity contribution is 9.10. The molecule has 0 radical (unpaired) electrons. The number of likely N-dealkylation sites (N-methyl/N-ethyl adjacent to an activating group) is 1. The van der Waals surface area contributed by atoms with Crippen molar-refractivity contribution in [1.29, 1.82) is 0 Å². The molecule has 1 unspecified atom stereocenters. The Bertz CT molecular complexity index is 916. The third-order valence-corrected chi connectivity index (χ3v) is 6.50. The second-order valence-electron chi connectivity index (χ2n) is 6.57. The Balaban J connectivity index is 1.77. The number of aryl methyl sites for hydroxylation is 1. The van der Waals surface area contributed by atoms with Gasteiger partial charge >= 0.3 is 0 Å². The predicted octanol–water partition coefficient (Wildman–Crippen LogP) is 3.29. The van der Waals surface area contributed by atoms with Crippen molar-refractivity contribution >= 4 is 32.2 Å². The summed E-state index contributed by atoms with van der Waals surface area (Å²) in [4.78, 5) is 11.0. The lowest BCUT2D eigenvalue weighted by Crippen LogP contribution is -2.47. The van der Waals surface area contributed by atoms with Crippen LogP contribution in [0.4, 0.5) is 0 Å². The van der Waals surface area contributed by atoms with Gasteiger partial charge in [-0.2, -0.15) is 4.52 Å². The molecular formula is C18H22BrN5OS. The lowest BCUT2D eigenvalue weighted by Gasteiger charge is -2.38. The first-order valence-electron chi connectivity index (χ1n) is 8.83. The van der Waals surface area contributed by atoms with Gasteiger partial charge in [-0.1, -0.05) is 46.3 Å². The molecule has 0 amide bonds. The molecule has 1 aliphatic rings. The largest absolute Gasteiger partial charge is 0.492 e. The second-order valence-corrected chi connectivity index (χ2v) is 8.50. The van der Waals surface area contributed by atoms with Crippen molar-refractivity contribution in [2.75, 3.05) is 32.7 Å². The van der Waals surface area contributed by atoms with Crippen LogP contribution >= 0.6 is 27.3 Å². The van der Waals surface area contributed by atoms with Crippen molar-refractivity contribution in [3.8, 4) is 5.88 Å². The molecule has 1 saturated heterocycles. The Labute approximate surface area is 165 Å². The minimum absolute atomic E-state index is 0.000289. The summed E-state index contributed by atoms with van der Waals surface area (Å²) in [6, 6.07) is 8.34. The third kappa shape index (κ3) is 3.26. The van der Waals surface area contributed by atoms with E-state index >= 15 is 0 Å². The maximum atomic E-state index is 10.9. The first-order valence-corrected chi connectivity index (χ1v) is 10.4. The highest BCUT2D eigenvalue weighted by Gasteiger charge is 2.31. The van der Waals surface area contributed by atoms with Gasteiger partial charge in [-0.15, -0.1) is 5.10 Å². The van der Waals surface area contributed by atoms with Gasteiger partial charge in [-0.3, -0.25) is 4.90 Å². The minimum Gasteiger partial charge on any atom is -0.492 e. The zero-order valence-electron chi connectivity index (χ0n) is 14.9. The topological polar surface area (TPSA) is 56.9 Å². The lowest BCUT2D eigenvalue weighted by atomic mass is 10.0. The lowest BCUT2D eigenvalue weighted by molar-refractivity contribution is 0.113. The molecular weight excluding hydrogens is 414 g/mol. The average Bonchev–Trinajstić information content (AvgIpc) is 3.14. The number of piperazine rings is 1. The summed E-state index contributed by atoms with van der Waals surface area (Å²) in [5.41, 5.74) is 1.17. The molecule has 1 fully saturated rings. The van der Waals surface area contributed by atoms with Crippen molar-refractivity contribution < 1.29 is 5.11 Å². The van der Waals surface area contributed by atoms with Crippen molar-refractivity contribution in [3.05, 3.63) is 45.0 Å². The van der Waals surface area contributed by atoms with Crippen LogP contribution in [0.2, 0.25) is 0 Å². The molecule has 4 rings (SSSR count). The Hall–Kier alpha value is -1.48. The number of aromatic nitrogens is 3. The summed E-state index contributed by atoms with van der Waals surface area (Å²) in [7, 11) is 0. The highest BCUT2D eigenvalue weighted by Crippen LogP contribution is 2.40. The SMILES string of the molecule is CCN1CCN(C(c2cccc(Br)c2)c2sc3nc(C)nn3c2O)CC1. The Morgan fingerprint density at radius 1 is 1.27 bits per heavy atom. The number of fused-ring (bicyclic) bond motifs is 1. The normalized spacial score (nSPS) is 17.8. The van der Waals surface area contributed by atoms with Gasteiger partial charge in [0.2, 0.25) is 10.8 Å². The van der Waals surface area contributed by atoms with E-state index in [-0.39, 0.29) is 11.9 Å². The number of thiazole rings is 1. The molecule has 0 aliphatic carbocycles. The van der Waals surface area contributed by atoms with Crippen LogP contribution in [0.25, 0.3) is 4.96 Å². The predicted molar refractivity (Wildman–Crippen MR) is 107 cm³/mol. The van der Waals surface area contributed by atoms with E-state index in [1.165, 1.54) is 16.9 Å². The maximum absolute atomic E-state index is 10.9. The van der Waals surface area contributed by atoms with E-state index in [4.69, 9.17) is 0 Å². The number of nitrogens with zero attached hydrogens (tertiary/aromatic N) is 5. The van der Waals surface area contributed by atoms with Crippen LogP contribution in [0.3, 0.4) is 0 Å². The van der Waals surface area contributed by atoms with Crippen molar-refractivity contribution in [2.45, 2.75) is 19.9 Å². The zero-order chi connectivity index (χ0) is 18.3. The van der Waals surface area contributed by atoms with Crippen LogP contribution < -0.4 is 0 Å². The molecule has 26 heavy (non-hydrogen) atoms. The molecule has 1 aliphatic heterocycles. The molecule has 1 aromatic carbocycles. The first-order chi connectivity index (χ1) is 12.6. The fraction of sp³-hybridized carbons (Fsp3) is 0.444. The van der Waals surface area contributed by atoms with E-state index in [0.29, 0.717) is 5.82 Å². The number of benzene rings is 1. The fourth-order valence-corrected chi connectivity index (χ4v) is 5.15. The van der Waals surface area contributed by atoms with Crippen molar-refractivity contribution in [1.82, 2.24) is 24.4 Å². The van der Waals surface area contributed by atoms with Gasteiger partial charge < -0.3 is 10.0 Å². The number of aromatic hydroxyl groups is 1.